The fourth-order valence-corrected chi connectivity index (χ4v) is 2.55. The fourth-order valence-electron chi connectivity index (χ4n) is 2.55. The van der Waals surface area contributed by atoms with E-state index in [2.05, 4.69) is 33.5 Å². The Kier molecular flexibility index (Phi) is 22.5. The Bertz CT molecular complexity index is 771. The predicted molar refractivity (Wildman–Crippen MR) is 147 cm³/mol. The second kappa shape index (κ2) is 23.2. The van der Waals surface area contributed by atoms with Gasteiger partial charge in [0.15, 0.2) is 0 Å². The summed E-state index contributed by atoms with van der Waals surface area (Å²) < 4.78 is 0. The molecule has 0 aromatic heterocycles. The number of nitrogens with one attached hydrogen (secondary N) is 5. The number of likely N-dealkylation sites (N-methyl/N-ethyl adjacent to an activating group) is 1. The second-order valence-electron chi connectivity index (χ2n) is 8.37. The quantitative estimate of drug-likeness (QED) is 0.182. The van der Waals surface area contributed by atoms with Gasteiger partial charge in [0.05, 0.1) is 19.7 Å². The molecule has 5 amide bonds. The average molecular weight is 526 g/mol. The van der Waals surface area contributed by atoms with Crippen LogP contribution in [0.25, 0.3) is 0 Å². The van der Waals surface area contributed by atoms with E-state index in [1.165, 1.54) is 12.8 Å². The highest BCUT2D eigenvalue weighted by atomic mass is 16.3. The van der Waals surface area contributed by atoms with Crippen molar-refractivity contribution in [3.8, 4) is 0 Å². The minimum atomic E-state index is -0.711. The van der Waals surface area contributed by atoms with Gasteiger partial charge in [-0.15, -0.1) is 0 Å². The summed E-state index contributed by atoms with van der Waals surface area (Å²) in [5.41, 5.74) is 11.2. The van der Waals surface area contributed by atoms with E-state index in [-0.39, 0.29) is 37.4 Å². The molecule has 0 saturated carbocycles. The van der Waals surface area contributed by atoms with Crippen molar-refractivity contribution < 1.29 is 24.3 Å². The smallest absolute Gasteiger partial charge is 0.312 e. The Labute approximate surface area is 220 Å². The van der Waals surface area contributed by atoms with Crippen LogP contribution in [0.5, 0.6) is 0 Å². The Balaban J connectivity index is 0. The van der Waals surface area contributed by atoms with Gasteiger partial charge in [-0.2, -0.15) is 0 Å². The van der Waals surface area contributed by atoms with Crippen molar-refractivity contribution in [1.29, 1.82) is 0 Å². The van der Waals surface area contributed by atoms with Crippen LogP contribution in [0.4, 0.5) is 10.5 Å². The Morgan fingerprint density at radius 1 is 0.946 bits per heavy atom. The first kappa shape index (κ1) is 35.9. The zero-order valence-corrected chi connectivity index (χ0v) is 22.9. The number of benzene rings is 1. The molecule has 0 heterocycles. The van der Waals surface area contributed by atoms with Gasteiger partial charge >= 0.3 is 6.03 Å². The minimum Gasteiger partial charge on any atom is -0.392 e. The summed E-state index contributed by atoms with van der Waals surface area (Å²) in [6.07, 6.45) is 3.32. The number of aliphatic hydroxyl groups excluding tert-OH is 1. The summed E-state index contributed by atoms with van der Waals surface area (Å²) in [4.78, 5) is 45.6. The second-order valence-corrected chi connectivity index (χ2v) is 8.37. The van der Waals surface area contributed by atoms with Gasteiger partial charge in [-0.1, -0.05) is 46.2 Å². The Morgan fingerprint density at radius 3 is 1.95 bits per heavy atom. The summed E-state index contributed by atoms with van der Waals surface area (Å²) in [6.45, 7) is 9.08. The van der Waals surface area contributed by atoms with Gasteiger partial charge in [0.25, 0.3) is 0 Å². The standard InChI is InChI=1S/C17H26N4O4.C4H10N2O.C4H11N/c1-11(2)16(21-14(23)8-18-3)17(25)19-9-15(24)20-13-6-4-12(10-22)5-7-13;1-2-3-6-4(5)7;1-2-3-4-5/h4-7,11,16,18,22H,8-10H2,1-3H3,(H,19,25)(H,20,24)(H,21,23);2-3H2,1H3,(H3,5,6,7);2-5H2,1H3. The third-order valence-corrected chi connectivity index (χ3v) is 4.55. The molecule has 1 rings (SSSR count). The Hall–Kier alpha value is -3.22. The van der Waals surface area contributed by atoms with Crippen LogP contribution in [0.2, 0.25) is 0 Å². The zero-order valence-electron chi connectivity index (χ0n) is 22.9. The molecule has 0 radical (unpaired) electrons. The maximum absolute atomic E-state index is 12.2. The number of rotatable bonds is 13. The summed E-state index contributed by atoms with van der Waals surface area (Å²) in [6, 6.07) is 5.57. The number of unbranched alkanes of at least 4 members (excludes halogenated alkanes) is 1. The molecule has 0 spiro atoms. The highest BCUT2D eigenvalue weighted by Crippen LogP contribution is 2.09. The van der Waals surface area contributed by atoms with Crippen molar-refractivity contribution in [3.05, 3.63) is 29.8 Å². The highest BCUT2D eigenvalue weighted by molar-refractivity contribution is 5.96. The van der Waals surface area contributed by atoms with Gasteiger partial charge in [-0.05, 0) is 50.0 Å². The molecule has 0 bridgehead atoms. The van der Waals surface area contributed by atoms with E-state index < -0.39 is 18.0 Å². The molecule has 1 atom stereocenters. The van der Waals surface area contributed by atoms with Crippen LogP contribution in [0.3, 0.4) is 0 Å². The number of primary amides is 1. The summed E-state index contributed by atoms with van der Waals surface area (Å²) in [7, 11) is 1.64. The van der Waals surface area contributed by atoms with Crippen LogP contribution < -0.4 is 38.1 Å². The van der Waals surface area contributed by atoms with E-state index in [4.69, 9.17) is 16.6 Å². The molecule has 0 aliphatic rings. The summed E-state index contributed by atoms with van der Waals surface area (Å²) in [5, 5.41) is 21.9. The lowest BCUT2D eigenvalue weighted by atomic mass is 10.0. The first-order chi connectivity index (χ1) is 17.6. The number of aliphatic hydroxyl groups is 1. The predicted octanol–water partition coefficient (Wildman–Crippen LogP) is 0.404. The molecule has 0 aliphatic heterocycles. The van der Waals surface area contributed by atoms with Crippen LogP contribution in [0.1, 0.15) is 52.5 Å². The first-order valence-corrected chi connectivity index (χ1v) is 12.5. The number of amides is 5. The maximum Gasteiger partial charge on any atom is 0.312 e. The van der Waals surface area contributed by atoms with E-state index in [1.807, 2.05) is 20.8 Å². The number of urea groups is 1. The molecule has 212 valence electrons. The number of nitrogens with two attached hydrogens (primary N) is 2. The molecular formula is C25H47N7O5. The third kappa shape index (κ3) is 20.7. The van der Waals surface area contributed by atoms with E-state index in [1.54, 1.807) is 31.3 Å². The number of hydrogen-bond donors (Lipinski definition) is 8. The number of anilines is 1. The number of carbonyl (C=O) groups excluding carboxylic acids is 4. The maximum atomic E-state index is 12.2. The first-order valence-electron chi connectivity index (χ1n) is 12.5. The minimum absolute atomic E-state index is 0.0693. The van der Waals surface area contributed by atoms with Crippen LogP contribution in [0.15, 0.2) is 24.3 Å². The third-order valence-electron chi connectivity index (χ3n) is 4.55. The van der Waals surface area contributed by atoms with Crippen molar-refractivity contribution in [3.63, 3.8) is 0 Å². The molecule has 37 heavy (non-hydrogen) atoms. The van der Waals surface area contributed by atoms with E-state index in [0.29, 0.717) is 12.2 Å². The van der Waals surface area contributed by atoms with Gasteiger partial charge < -0.3 is 43.2 Å². The van der Waals surface area contributed by atoms with Crippen molar-refractivity contribution >= 4 is 29.4 Å². The lowest BCUT2D eigenvalue weighted by Gasteiger charge is -2.21. The zero-order chi connectivity index (χ0) is 28.6. The fraction of sp³-hybridized carbons (Fsp3) is 0.600. The van der Waals surface area contributed by atoms with Crippen LogP contribution in [-0.4, -0.2) is 68.1 Å². The molecule has 10 N–H and O–H groups in total. The van der Waals surface area contributed by atoms with E-state index >= 15 is 0 Å². The van der Waals surface area contributed by atoms with Gasteiger partial charge in [-0.3, -0.25) is 14.4 Å². The lowest BCUT2D eigenvalue weighted by Crippen LogP contribution is -2.52. The normalized spacial score (nSPS) is 10.6. The molecule has 1 unspecified atom stereocenters. The topological polar surface area (TPSA) is 201 Å². The number of carbonyl (C=O) groups is 4. The van der Waals surface area contributed by atoms with Gasteiger partial charge in [0.2, 0.25) is 17.7 Å². The van der Waals surface area contributed by atoms with Crippen LogP contribution in [0, 0.1) is 5.92 Å². The van der Waals surface area contributed by atoms with Gasteiger partial charge in [0.1, 0.15) is 6.04 Å². The average Bonchev–Trinajstić information content (AvgIpc) is 2.86. The number of hydrogen-bond acceptors (Lipinski definition) is 7. The van der Waals surface area contributed by atoms with Gasteiger partial charge in [-0.25, -0.2) is 4.79 Å². The van der Waals surface area contributed by atoms with Gasteiger partial charge in [0, 0.05) is 12.2 Å². The molecule has 12 nitrogen and oxygen atoms in total. The lowest BCUT2D eigenvalue weighted by molar-refractivity contribution is -0.130. The largest absolute Gasteiger partial charge is 0.392 e. The molecular weight excluding hydrogens is 478 g/mol. The molecule has 0 saturated heterocycles. The van der Waals surface area contributed by atoms with E-state index in [9.17, 15) is 19.2 Å². The van der Waals surface area contributed by atoms with Crippen LogP contribution >= 0.6 is 0 Å². The summed E-state index contributed by atoms with van der Waals surface area (Å²) in [5.74, 6) is -1.20. The van der Waals surface area contributed by atoms with Crippen molar-refractivity contribution in [1.82, 2.24) is 21.3 Å². The summed E-state index contributed by atoms with van der Waals surface area (Å²) >= 11 is 0. The Morgan fingerprint density at radius 2 is 1.57 bits per heavy atom. The highest BCUT2D eigenvalue weighted by Gasteiger charge is 2.24. The molecule has 0 fully saturated rings. The van der Waals surface area contributed by atoms with Crippen LogP contribution in [-0.2, 0) is 21.0 Å². The van der Waals surface area contributed by atoms with E-state index in [0.717, 1.165) is 18.5 Å². The van der Waals surface area contributed by atoms with Crippen molar-refractivity contribution in [2.75, 3.05) is 38.5 Å². The monoisotopic (exact) mass is 525 g/mol. The molecule has 0 aliphatic carbocycles. The SMILES string of the molecule is CCCCN.CCCNC(N)=O.CNCC(=O)NC(C(=O)NCC(=O)Nc1ccc(CO)cc1)C(C)C. The van der Waals surface area contributed by atoms with Crippen molar-refractivity contribution in [2.24, 2.45) is 17.4 Å². The molecule has 1 aromatic rings. The molecule has 1 aromatic carbocycles. The van der Waals surface area contributed by atoms with Crippen molar-refractivity contribution in [2.45, 2.75) is 59.6 Å². The molecule has 12 heteroatoms.